The van der Waals surface area contributed by atoms with Crippen LogP contribution in [0.3, 0.4) is 0 Å². The summed E-state index contributed by atoms with van der Waals surface area (Å²) in [6.07, 6.45) is 2.01. The monoisotopic (exact) mass is 343 g/mol. The van der Waals surface area contributed by atoms with E-state index in [-0.39, 0.29) is 6.79 Å². The molecule has 0 unspecified atom stereocenters. The Labute approximate surface area is 150 Å². The summed E-state index contributed by atoms with van der Waals surface area (Å²) in [5.74, 6) is 2.44. The molecule has 5 nitrogen and oxygen atoms in total. The van der Waals surface area contributed by atoms with Crippen molar-refractivity contribution in [3.8, 4) is 22.8 Å². The van der Waals surface area contributed by atoms with Gasteiger partial charge in [-0.1, -0.05) is 35.9 Å². The number of nitrogens with zero attached hydrogens (tertiary/aromatic N) is 2. The molecule has 5 rings (SSSR count). The minimum absolute atomic E-state index is 0.267. The normalized spacial score (nSPS) is 12.5. The van der Waals surface area contributed by atoms with Gasteiger partial charge >= 0.3 is 0 Å². The summed E-state index contributed by atoms with van der Waals surface area (Å²) in [5, 5.41) is 3.50. The zero-order valence-electron chi connectivity index (χ0n) is 14.3. The SMILES string of the molecule is Cc1ccc(-c2nc3ccccn3c2Nc2ccc3c(c2)OCO3)cc1. The fourth-order valence-electron chi connectivity index (χ4n) is 3.14. The van der Waals surface area contributed by atoms with Crippen LogP contribution in [0.1, 0.15) is 5.56 Å². The molecule has 0 atom stereocenters. The third-order valence-electron chi connectivity index (χ3n) is 4.49. The summed E-state index contributed by atoms with van der Waals surface area (Å²) in [4.78, 5) is 4.83. The number of nitrogens with one attached hydrogen (secondary N) is 1. The van der Waals surface area contributed by atoms with Crippen molar-refractivity contribution in [1.29, 1.82) is 0 Å². The molecule has 0 spiro atoms. The second-order valence-electron chi connectivity index (χ2n) is 6.30. The number of benzene rings is 2. The van der Waals surface area contributed by atoms with Crippen molar-refractivity contribution in [1.82, 2.24) is 9.38 Å². The van der Waals surface area contributed by atoms with Crippen molar-refractivity contribution in [2.24, 2.45) is 0 Å². The van der Waals surface area contributed by atoms with Crippen LogP contribution in [-0.4, -0.2) is 16.2 Å². The van der Waals surface area contributed by atoms with E-state index in [1.807, 2.05) is 42.6 Å². The van der Waals surface area contributed by atoms with E-state index in [4.69, 9.17) is 14.5 Å². The molecule has 0 fully saturated rings. The predicted molar refractivity (Wildman–Crippen MR) is 101 cm³/mol. The van der Waals surface area contributed by atoms with Crippen molar-refractivity contribution in [2.45, 2.75) is 6.92 Å². The lowest BCUT2D eigenvalue weighted by atomic mass is 10.1. The predicted octanol–water partition coefficient (Wildman–Crippen LogP) is 4.78. The Morgan fingerprint density at radius 2 is 1.81 bits per heavy atom. The van der Waals surface area contributed by atoms with Crippen LogP contribution < -0.4 is 14.8 Å². The van der Waals surface area contributed by atoms with Crippen molar-refractivity contribution in [3.05, 3.63) is 72.4 Å². The number of imidazole rings is 1. The molecule has 4 aromatic rings. The average molecular weight is 343 g/mol. The summed E-state index contributed by atoms with van der Waals surface area (Å²) in [5.41, 5.74) is 5.03. The maximum Gasteiger partial charge on any atom is 0.231 e. The van der Waals surface area contributed by atoms with Gasteiger partial charge in [-0.15, -0.1) is 0 Å². The van der Waals surface area contributed by atoms with Crippen LogP contribution in [0, 0.1) is 6.92 Å². The molecule has 1 N–H and O–H groups in total. The molecule has 2 aromatic heterocycles. The fourth-order valence-corrected chi connectivity index (χ4v) is 3.14. The van der Waals surface area contributed by atoms with E-state index < -0.39 is 0 Å². The van der Waals surface area contributed by atoms with Gasteiger partial charge in [0, 0.05) is 23.5 Å². The lowest BCUT2D eigenvalue weighted by molar-refractivity contribution is 0.174. The van der Waals surface area contributed by atoms with Gasteiger partial charge in [-0.2, -0.15) is 0 Å². The van der Waals surface area contributed by atoms with E-state index >= 15 is 0 Å². The number of aryl methyl sites for hydroxylation is 1. The van der Waals surface area contributed by atoms with Gasteiger partial charge in [0.05, 0.1) is 0 Å². The van der Waals surface area contributed by atoms with E-state index in [0.29, 0.717) is 0 Å². The van der Waals surface area contributed by atoms with E-state index in [9.17, 15) is 0 Å². The largest absolute Gasteiger partial charge is 0.454 e. The summed E-state index contributed by atoms with van der Waals surface area (Å²) >= 11 is 0. The molecule has 26 heavy (non-hydrogen) atoms. The Hall–Kier alpha value is -3.47. The molecule has 2 aromatic carbocycles. The van der Waals surface area contributed by atoms with Gasteiger partial charge < -0.3 is 14.8 Å². The second-order valence-corrected chi connectivity index (χ2v) is 6.30. The molecular formula is C21H17N3O2. The number of hydrogen-bond donors (Lipinski definition) is 1. The topological polar surface area (TPSA) is 47.8 Å². The summed E-state index contributed by atoms with van der Waals surface area (Å²) in [7, 11) is 0. The zero-order valence-corrected chi connectivity index (χ0v) is 14.3. The van der Waals surface area contributed by atoms with Gasteiger partial charge in [-0.05, 0) is 31.2 Å². The van der Waals surface area contributed by atoms with Crippen LogP contribution in [-0.2, 0) is 0 Å². The first kappa shape index (κ1) is 14.8. The van der Waals surface area contributed by atoms with Crippen molar-refractivity contribution < 1.29 is 9.47 Å². The Morgan fingerprint density at radius 3 is 2.69 bits per heavy atom. The van der Waals surface area contributed by atoms with E-state index in [1.54, 1.807) is 0 Å². The smallest absolute Gasteiger partial charge is 0.231 e. The molecule has 0 radical (unpaired) electrons. The van der Waals surface area contributed by atoms with Gasteiger partial charge in [0.25, 0.3) is 0 Å². The van der Waals surface area contributed by atoms with Crippen molar-refractivity contribution in [2.75, 3.05) is 12.1 Å². The van der Waals surface area contributed by atoms with Crippen LogP contribution >= 0.6 is 0 Å². The molecule has 128 valence electrons. The van der Waals surface area contributed by atoms with Gasteiger partial charge in [0.2, 0.25) is 6.79 Å². The van der Waals surface area contributed by atoms with E-state index in [0.717, 1.165) is 39.9 Å². The van der Waals surface area contributed by atoms with Gasteiger partial charge in [-0.25, -0.2) is 4.98 Å². The Morgan fingerprint density at radius 1 is 0.962 bits per heavy atom. The number of hydrogen-bond acceptors (Lipinski definition) is 4. The van der Waals surface area contributed by atoms with Crippen molar-refractivity contribution >= 4 is 17.2 Å². The highest BCUT2D eigenvalue weighted by molar-refractivity contribution is 5.80. The highest BCUT2D eigenvalue weighted by Crippen LogP contribution is 2.37. The molecule has 1 aliphatic heterocycles. The molecule has 0 aliphatic carbocycles. The number of rotatable bonds is 3. The third kappa shape index (κ3) is 2.45. The number of fused-ring (bicyclic) bond motifs is 2. The molecule has 1 aliphatic rings. The van der Waals surface area contributed by atoms with Gasteiger partial charge in [-0.3, -0.25) is 4.40 Å². The minimum atomic E-state index is 0.267. The standard InChI is InChI=1S/C21H17N3O2/c1-14-5-7-15(8-6-14)20-21(24-11-3-2-4-19(24)23-20)22-16-9-10-17-18(12-16)26-13-25-17/h2-12,22H,13H2,1H3. The lowest BCUT2D eigenvalue weighted by Crippen LogP contribution is -1.97. The first-order valence-electron chi connectivity index (χ1n) is 8.49. The molecule has 0 bridgehead atoms. The molecule has 0 saturated carbocycles. The first-order valence-corrected chi connectivity index (χ1v) is 8.49. The van der Waals surface area contributed by atoms with Gasteiger partial charge in [0.15, 0.2) is 11.5 Å². The maximum atomic E-state index is 5.49. The van der Waals surface area contributed by atoms with Crippen LogP contribution in [0.2, 0.25) is 0 Å². The van der Waals surface area contributed by atoms with Crippen LogP contribution in [0.15, 0.2) is 66.9 Å². The molecule has 0 amide bonds. The highest BCUT2D eigenvalue weighted by Gasteiger charge is 2.17. The number of pyridine rings is 1. The zero-order chi connectivity index (χ0) is 17.5. The second kappa shape index (κ2) is 5.81. The first-order chi connectivity index (χ1) is 12.8. The summed E-state index contributed by atoms with van der Waals surface area (Å²) < 4.78 is 12.9. The van der Waals surface area contributed by atoms with Crippen LogP contribution in [0.4, 0.5) is 11.5 Å². The fraction of sp³-hybridized carbons (Fsp3) is 0.0952. The molecule has 5 heteroatoms. The Bertz CT molecular complexity index is 1100. The lowest BCUT2D eigenvalue weighted by Gasteiger charge is -2.10. The highest BCUT2D eigenvalue weighted by atomic mass is 16.7. The summed E-state index contributed by atoms with van der Waals surface area (Å²) in [6, 6.07) is 20.2. The van der Waals surface area contributed by atoms with E-state index in [2.05, 4.69) is 40.9 Å². The molecule has 3 heterocycles. The Balaban J connectivity index is 1.63. The summed E-state index contributed by atoms with van der Waals surface area (Å²) in [6.45, 7) is 2.35. The molecular weight excluding hydrogens is 326 g/mol. The number of anilines is 2. The Kier molecular flexibility index (Phi) is 3.31. The minimum Gasteiger partial charge on any atom is -0.454 e. The van der Waals surface area contributed by atoms with Crippen LogP contribution in [0.25, 0.3) is 16.9 Å². The number of aromatic nitrogens is 2. The van der Waals surface area contributed by atoms with Crippen molar-refractivity contribution in [3.63, 3.8) is 0 Å². The average Bonchev–Trinajstić information content (AvgIpc) is 3.27. The maximum absolute atomic E-state index is 5.49. The van der Waals surface area contributed by atoms with Crippen LogP contribution in [0.5, 0.6) is 11.5 Å². The van der Waals surface area contributed by atoms with Gasteiger partial charge in [0.1, 0.15) is 17.2 Å². The number of ether oxygens (including phenoxy) is 2. The third-order valence-corrected chi connectivity index (χ3v) is 4.49. The quantitative estimate of drug-likeness (QED) is 0.581. The molecule has 0 saturated heterocycles. The van der Waals surface area contributed by atoms with E-state index in [1.165, 1.54) is 5.56 Å².